The topological polar surface area (TPSA) is 95.6 Å². The Morgan fingerprint density at radius 2 is 1.55 bits per heavy atom. The lowest BCUT2D eigenvalue weighted by atomic mass is 10.1. The lowest BCUT2D eigenvalue weighted by Crippen LogP contribution is -2.23. The Bertz CT molecular complexity index is 963. The minimum atomic E-state index is -0.435. The lowest BCUT2D eigenvalue weighted by Gasteiger charge is -2.22. The third-order valence-corrected chi connectivity index (χ3v) is 5.67. The van der Waals surface area contributed by atoms with Gasteiger partial charge in [0.25, 0.3) is 0 Å². The molecule has 1 aliphatic heterocycles. The molecule has 0 saturated heterocycles. The van der Waals surface area contributed by atoms with E-state index in [1.807, 2.05) is 12.1 Å². The largest absolute Gasteiger partial charge is 0.493 e. The predicted molar refractivity (Wildman–Crippen MR) is 113 cm³/mol. The molecular formula is C20H23N3O5S. The Morgan fingerprint density at radius 3 is 2.14 bits per heavy atom. The van der Waals surface area contributed by atoms with Gasteiger partial charge >= 0.3 is 0 Å². The fourth-order valence-corrected chi connectivity index (χ4v) is 4.22. The van der Waals surface area contributed by atoms with E-state index in [1.54, 1.807) is 46.6 Å². The number of nitrogen functional groups attached to an aromatic ring is 1. The maximum atomic E-state index is 12.3. The summed E-state index contributed by atoms with van der Waals surface area (Å²) in [5.41, 5.74) is 8.25. The average molecular weight is 417 g/mol. The van der Waals surface area contributed by atoms with Crippen LogP contribution in [0.3, 0.4) is 0 Å². The summed E-state index contributed by atoms with van der Waals surface area (Å²) < 4.78 is 21.4. The lowest BCUT2D eigenvalue weighted by molar-refractivity contribution is -0.129. The number of hydrogen-bond acceptors (Lipinski definition) is 8. The number of ether oxygens (including phenoxy) is 4. The van der Waals surface area contributed by atoms with Crippen LogP contribution in [0.15, 0.2) is 35.4 Å². The number of nitrogens with zero attached hydrogens (tertiary/aromatic N) is 2. The van der Waals surface area contributed by atoms with Crippen molar-refractivity contribution in [3.05, 3.63) is 41.5 Å². The van der Waals surface area contributed by atoms with Crippen LogP contribution in [0, 0.1) is 0 Å². The summed E-state index contributed by atoms with van der Waals surface area (Å²) in [6, 6.07) is 8.94. The van der Waals surface area contributed by atoms with Crippen molar-refractivity contribution < 1.29 is 23.7 Å². The molecule has 0 saturated carbocycles. The maximum Gasteiger partial charge on any atom is 0.240 e. The van der Waals surface area contributed by atoms with E-state index in [0.717, 1.165) is 5.56 Å². The molecule has 29 heavy (non-hydrogen) atoms. The first kappa shape index (κ1) is 20.7. The van der Waals surface area contributed by atoms with Crippen LogP contribution in [0.5, 0.6) is 23.0 Å². The monoisotopic (exact) mass is 417 g/mol. The molecule has 9 heteroatoms. The number of hydrazone groups is 1. The van der Waals surface area contributed by atoms with Gasteiger partial charge in [-0.1, -0.05) is 11.8 Å². The fourth-order valence-electron chi connectivity index (χ4n) is 2.98. The zero-order chi connectivity index (χ0) is 21.1. The second kappa shape index (κ2) is 8.52. The van der Waals surface area contributed by atoms with Crippen LogP contribution < -0.4 is 24.7 Å². The summed E-state index contributed by atoms with van der Waals surface area (Å²) in [5.74, 6) is 2.04. The van der Waals surface area contributed by atoms with E-state index >= 15 is 0 Å². The molecule has 3 rings (SSSR count). The van der Waals surface area contributed by atoms with Gasteiger partial charge in [-0.2, -0.15) is 5.10 Å². The van der Waals surface area contributed by atoms with E-state index in [2.05, 4.69) is 5.10 Å². The van der Waals surface area contributed by atoms with Gasteiger partial charge in [0.15, 0.2) is 23.0 Å². The van der Waals surface area contributed by atoms with Crippen molar-refractivity contribution in [3.8, 4) is 23.0 Å². The number of rotatable bonds is 6. The highest BCUT2D eigenvalue weighted by molar-refractivity contribution is 8.14. The molecule has 0 bridgehead atoms. The predicted octanol–water partition coefficient (Wildman–Crippen LogP) is 3.26. The second-order valence-corrected chi connectivity index (χ2v) is 7.21. The fraction of sp³-hybridized carbons (Fsp3) is 0.300. The zero-order valence-electron chi connectivity index (χ0n) is 16.9. The first-order valence-corrected chi connectivity index (χ1v) is 9.60. The molecule has 2 aromatic rings. The number of carbonyl (C=O) groups excluding carboxylic acids is 1. The van der Waals surface area contributed by atoms with Gasteiger partial charge < -0.3 is 24.7 Å². The van der Waals surface area contributed by atoms with Crippen molar-refractivity contribution in [1.29, 1.82) is 0 Å². The number of nitrogens with two attached hydrogens (primary N) is 1. The third kappa shape index (κ3) is 3.91. The minimum Gasteiger partial charge on any atom is -0.493 e. The number of thioether (sulfide) groups is 1. The summed E-state index contributed by atoms with van der Waals surface area (Å²) in [7, 11) is 6.24. The van der Waals surface area contributed by atoms with Crippen molar-refractivity contribution in [2.24, 2.45) is 5.10 Å². The van der Waals surface area contributed by atoms with Gasteiger partial charge in [0.2, 0.25) is 5.91 Å². The number of carbonyl (C=O) groups is 1. The Hall–Kier alpha value is -3.07. The highest BCUT2D eigenvalue weighted by Crippen LogP contribution is 2.46. The quantitative estimate of drug-likeness (QED) is 0.721. The molecule has 8 nitrogen and oxygen atoms in total. The Balaban J connectivity index is 2.01. The van der Waals surface area contributed by atoms with E-state index in [-0.39, 0.29) is 5.91 Å². The maximum absolute atomic E-state index is 12.3. The molecule has 1 aliphatic rings. The molecule has 0 aromatic heterocycles. The molecule has 0 aliphatic carbocycles. The van der Waals surface area contributed by atoms with Crippen LogP contribution in [-0.4, -0.2) is 44.4 Å². The summed E-state index contributed by atoms with van der Waals surface area (Å²) in [6.07, 6.45) is 0. The highest BCUT2D eigenvalue weighted by atomic mass is 32.2. The van der Waals surface area contributed by atoms with Gasteiger partial charge in [-0.15, -0.1) is 0 Å². The molecular weight excluding hydrogens is 394 g/mol. The van der Waals surface area contributed by atoms with E-state index < -0.39 is 5.37 Å². The van der Waals surface area contributed by atoms with Crippen LogP contribution in [0.4, 0.5) is 5.69 Å². The molecule has 1 heterocycles. The van der Waals surface area contributed by atoms with Crippen molar-refractivity contribution in [2.45, 2.75) is 12.3 Å². The summed E-state index contributed by atoms with van der Waals surface area (Å²) in [6.45, 7) is 1.46. The van der Waals surface area contributed by atoms with Gasteiger partial charge in [0.05, 0.1) is 28.4 Å². The Morgan fingerprint density at radius 1 is 0.966 bits per heavy atom. The zero-order valence-corrected chi connectivity index (χ0v) is 17.7. The van der Waals surface area contributed by atoms with E-state index in [4.69, 9.17) is 24.7 Å². The first-order chi connectivity index (χ1) is 13.9. The van der Waals surface area contributed by atoms with Gasteiger partial charge in [-0.25, -0.2) is 5.01 Å². The highest BCUT2D eigenvalue weighted by Gasteiger charge is 2.34. The summed E-state index contributed by atoms with van der Waals surface area (Å²) in [4.78, 5) is 12.3. The molecule has 0 fully saturated rings. The van der Waals surface area contributed by atoms with Crippen molar-refractivity contribution >= 4 is 28.4 Å². The van der Waals surface area contributed by atoms with E-state index in [0.29, 0.717) is 39.3 Å². The van der Waals surface area contributed by atoms with E-state index in [1.165, 1.54) is 23.7 Å². The Labute approximate surface area is 173 Å². The minimum absolute atomic E-state index is 0.202. The second-order valence-electron chi connectivity index (χ2n) is 6.14. The van der Waals surface area contributed by atoms with Crippen molar-refractivity contribution in [1.82, 2.24) is 5.01 Å². The first-order valence-electron chi connectivity index (χ1n) is 8.72. The van der Waals surface area contributed by atoms with Crippen LogP contribution in [0.2, 0.25) is 0 Å². The van der Waals surface area contributed by atoms with Crippen LogP contribution in [0.1, 0.15) is 23.4 Å². The normalized spacial score (nSPS) is 15.7. The molecule has 1 amide bonds. The van der Waals surface area contributed by atoms with E-state index in [9.17, 15) is 4.79 Å². The molecule has 2 aromatic carbocycles. The third-order valence-electron chi connectivity index (χ3n) is 4.45. The molecule has 2 N–H and O–H groups in total. The number of methoxy groups -OCH3 is 4. The summed E-state index contributed by atoms with van der Waals surface area (Å²) in [5, 5.41) is 6.17. The van der Waals surface area contributed by atoms with Crippen LogP contribution in [-0.2, 0) is 4.79 Å². The number of benzene rings is 2. The van der Waals surface area contributed by atoms with Gasteiger partial charge in [0.1, 0.15) is 10.4 Å². The van der Waals surface area contributed by atoms with Gasteiger partial charge in [-0.05, 0) is 24.3 Å². The van der Waals surface area contributed by atoms with Crippen molar-refractivity contribution in [3.63, 3.8) is 0 Å². The van der Waals surface area contributed by atoms with Crippen LogP contribution >= 0.6 is 11.8 Å². The SMILES string of the molecule is COc1ccc(C2=NN(C(C)=O)C(c3cc(OC)c(OC)cc3N)S2)cc1OC. The van der Waals surface area contributed by atoms with Crippen molar-refractivity contribution in [2.75, 3.05) is 34.2 Å². The standard InChI is InChI=1S/C20H23N3O5S/c1-11(24)23-20(13-9-17(27-4)18(28-5)10-14(13)21)29-19(22-23)12-6-7-15(25-2)16(8-12)26-3/h6-10,20H,21H2,1-5H3. The molecule has 154 valence electrons. The number of hydrogen-bond donors (Lipinski definition) is 1. The number of anilines is 1. The van der Waals surface area contributed by atoms with Gasteiger partial charge in [-0.3, -0.25) is 4.79 Å². The smallest absolute Gasteiger partial charge is 0.240 e. The average Bonchev–Trinajstić information content (AvgIpc) is 3.18. The molecule has 0 spiro atoms. The number of amides is 1. The molecule has 1 atom stereocenters. The van der Waals surface area contributed by atoms with Gasteiger partial charge in [0, 0.05) is 29.8 Å². The van der Waals surface area contributed by atoms with Crippen LogP contribution in [0.25, 0.3) is 0 Å². The molecule has 1 unspecified atom stereocenters. The molecule has 0 radical (unpaired) electrons. The Kier molecular flexibility index (Phi) is 6.07. The summed E-state index contributed by atoms with van der Waals surface area (Å²) >= 11 is 1.42.